The number of anilines is 2. The average molecular weight is 448 g/mol. The van der Waals surface area contributed by atoms with Gasteiger partial charge in [-0.15, -0.1) is 0 Å². The van der Waals surface area contributed by atoms with Crippen molar-refractivity contribution >= 4 is 23.1 Å². The number of para-hydroxylation sites is 2. The fraction of sp³-hybridized carbons (Fsp3) is 0.407. The van der Waals surface area contributed by atoms with Gasteiger partial charge in [-0.05, 0) is 48.1 Å². The first-order chi connectivity index (χ1) is 15.8. The molecule has 1 aliphatic heterocycles. The van der Waals surface area contributed by atoms with Crippen LogP contribution in [0.1, 0.15) is 45.6 Å². The molecule has 1 amide bonds. The third kappa shape index (κ3) is 4.90. The molecule has 0 fully saturated rings. The van der Waals surface area contributed by atoms with Crippen LogP contribution in [0.5, 0.6) is 5.75 Å². The number of benzene rings is 2. The van der Waals surface area contributed by atoms with E-state index < -0.39 is 0 Å². The molecule has 4 rings (SSSR count). The maximum Gasteiger partial charge on any atom is 0.239 e. The Kier molecular flexibility index (Phi) is 6.45. The van der Waals surface area contributed by atoms with Crippen molar-refractivity contribution in [3.63, 3.8) is 0 Å². The zero-order valence-corrected chi connectivity index (χ0v) is 19.9. The summed E-state index contributed by atoms with van der Waals surface area (Å²) >= 11 is 0. The van der Waals surface area contributed by atoms with Crippen LogP contribution in [0.15, 0.2) is 59.8 Å². The molecule has 1 atom stereocenters. The first-order valence-electron chi connectivity index (χ1n) is 11.6. The van der Waals surface area contributed by atoms with Crippen LogP contribution in [0.3, 0.4) is 0 Å². The molecular formula is C27H33N3O3. The Hall–Kier alpha value is -3.28. The third-order valence-electron chi connectivity index (χ3n) is 6.45. The average Bonchev–Trinajstić information content (AvgIpc) is 2.91. The Morgan fingerprint density at radius 3 is 2.73 bits per heavy atom. The van der Waals surface area contributed by atoms with Crippen LogP contribution in [0.25, 0.3) is 0 Å². The second-order valence-electron chi connectivity index (χ2n) is 9.66. The van der Waals surface area contributed by atoms with Gasteiger partial charge in [-0.3, -0.25) is 9.59 Å². The Balaban J connectivity index is 1.61. The molecule has 0 spiro atoms. The number of nitrogens with one attached hydrogen (secondary N) is 2. The molecule has 6 nitrogen and oxygen atoms in total. The lowest BCUT2D eigenvalue weighted by Gasteiger charge is -2.37. The van der Waals surface area contributed by atoms with Crippen LogP contribution < -0.4 is 20.3 Å². The summed E-state index contributed by atoms with van der Waals surface area (Å²) in [6, 6.07) is 15.5. The molecule has 2 aliphatic rings. The highest BCUT2D eigenvalue weighted by molar-refractivity contribution is 6.01. The summed E-state index contributed by atoms with van der Waals surface area (Å²) in [6.45, 7) is 6.95. The number of carbonyl (C=O) groups excluding carboxylic acids is 2. The molecule has 2 N–H and O–H groups in total. The number of carbonyl (C=O) groups is 2. The predicted molar refractivity (Wildman–Crippen MR) is 131 cm³/mol. The van der Waals surface area contributed by atoms with Gasteiger partial charge in [0.2, 0.25) is 5.91 Å². The summed E-state index contributed by atoms with van der Waals surface area (Å²) in [5.74, 6) is 0.854. The van der Waals surface area contributed by atoms with E-state index in [1.165, 1.54) is 0 Å². The van der Waals surface area contributed by atoms with Crippen molar-refractivity contribution in [1.82, 2.24) is 5.32 Å². The van der Waals surface area contributed by atoms with E-state index in [2.05, 4.69) is 36.3 Å². The number of methoxy groups -OCH3 is 1. The normalized spacial score (nSPS) is 19.2. The Labute approximate surface area is 196 Å². The zero-order valence-electron chi connectivity index (χ0n) is 19.9. The highest BCUT2D eigenvalue weighted by atomic mass is 16.5. The Morgan fingerprint density at radius 2 is 1.97 bits per heavy atom. The number of hydrogen-bond acceptors (Lipinski definition) is 5. The van der Waals surface area contributed by atoms with Crippen molar-refractivity contribution in [1.29, 1.82) is 0 Å². The monoisotopic (exact) mass is 447 g/mol. The molecule has 2 aromatic rings. The number of rotatable bonds is 6. The number of Topliss-reactive ketones (excluding diaryl/α,β-unsaturated/α-hetero) is 1. The summed E-state index contributed by atoms with van der Waals surface area (Å²) in [5, 5.41) is 6.59. The largest absolute Gasteiger partial charge is 0.497 e. The predicted octanol–water partition coefficient (Wildman–Crippen LogP) is 4.67. The van der Waals surface area contributed by atoms with Gasteiger partial charge in [0.1, 0.15) is 5.75 Å². The molecule has 6 heteroatoms. The van der Waals surface area contributed by atoms with Crippen molar-refractivity contribution in [2.24, 2.45) is 5.41 Å². The van der Waals surface area contributed by atoms with Gasteiger partial charge in [-0.25, -0.2) is 0 Å². The minimum atomic E-state index is -0.151. The standard InChI is InChI=1S/C27H33N3O3/c1-5-22-26-21(14-27(2,3)15-24(26)31)29-20-11-6-7-12-23(20)30(22)17-25(32)28-16-18-9-8-10-19(13-18)33-4/h6-13,22,29H,5,14-17H2,1-4H3,(H,28,32). The minimum Gasteiger partial charge on any atom is -0.497 e. The molecular weight excluding hydrogens is 414 g/mol. The Bertz CT molecular complexity index is 1090. The molecule has 33 heavy (non-hydrogen) atoms. The molecule has 1 unspecified atom stereocenters. The topological polar surface area (TPSA) is 70.7 Å². The molecule has 0 bridgehead atoms. The second-order valence-corrected chi connectivity index (χ2v) is 9.66. The number of amides is 1. The van der Waals surface area contributed by atoms with Crippen LogP contribution in [-0.2, 0) is 16.1 Å². The molecule has 0 radical (unpaired) electrons. The number of nitrogens with zero attached hydrogens (tertiary/aromatic N) is 1. The van der Waals surface area contributed by atoms with E-state index in [-0.39, 0.29) is 29.7 Å². The van der Waals surface area contributed by atoms with Gasteiger partial charge in [0, 0.05) is 24.2 Å². The van der Waals surface area contributed by atoms with E-state index in [1.807, 2.05) is 48.5 Å². The highest BCUT2D eigenvalue weighted by Gasteiger charge is 2.40. The van der Waals surface area contributed by atoms with Crippen molar-refractivity contribution < 1.29 is 14.3 Å². The van der Waals surface area contributed by atoms with E-state index in [0.29, 0.717) is 13.0 Å². The molecule has 0 saturated heterocycles. The van der Waals surface area contributed by atoms with Gasteiger partial charge in [0.15, 0.2) is 5.78 Å². The van der Waals surface area contributed by atoms with Crippen LogP contribution in [0, 0.1) is 5.41 Å². The van der Waals surface area contributed by atoms with Crippen LogP contribution in [-0.4, -0.2) is 31.4 Å². The summed E-state index contributed by atoms with van der Waals surface area (Å²) in [7, 11) is 1.63. The quantitative estimate of drug-likeness (QED) is 0.674. The molecule has 1 aliphatic carbocycles. The van der Waals surface area contributed by atoms with E-state index >= 15 is 0 Å². The first kappa shape index (κ1) is 22.9. The van der Waals surface area contributed by atoms with Gasteiger partial charge in [0.25, 0.3) is 0 Å². The van der Waals surface area contributed by atoms with Crippen LogP contribution in [0.2, 0.25) is 0 Å². The number of ether oxygens (including phenoxy) is 1. The van der Waals surface area contributed by atoms with Crippen molar-refractivity contribution in [2.75, 3.05) is 23.9 Å². The maximum absolute atomic E-state index is 13.3. The molecule has 2 aromatic carbocycles. The molecule has 0 aromatic heterocycles. The summed E-state index contributed by atoms with van der Waals surface area (Å²) in [4.78, 5) is 28.4. The van der Waals surface area contributed by atoms with Crippen LogP contribution in [0.4, 0.5) is 11.4 Å². The zero-order chi connectivity index (χ0) is 23.6. The summed E-state index contributed by atoms with van der Waals surface area (Å²) in [5.41, 5.74) is 4.60. The maximum atomic E-state index is 13.3. The van der Waals surface area contributed by atoms with Crippen molar-refractivity contribution in [3.05, 3.63) is 65.4 Å². The van der Waals surface area contributed by atoms with Gasteiger partial charge < -0.3 is 20.3 Å². The number of allylic oxidation sites excluding steroid dienone is 1. The van der Waals surface area contributed by atoms with Crippen molar-refractivity contribution in [3.8, 4) is 5.75 Å². The SMILES string of the molecule is CCC1C2=C(CC(C)(C)CC2=O)Nc2ccccc2N1CC(=O)NCc1cccc(OC)c1. The van der Waals surface area contributed by atoms with Gasteiger partial charge >= 0.3 is 0 Å². The van der Waals surface area contributed by atoms with E-state index in [0.717, 1.165) is 46.8 Å². The summed E-state index contributed by atoms with van der Waals surface area (Å²) < 4.78 is 5.27. The lowest BCUT2D eigenvalue weighted by Crippen LogP contribution is -2.46. The fourth-order valence-corrected chi connectivity index (χ4v) is 4.96. The minimum absolute atomic E-state index is 0.0839. The van der Waals surface area contributed by atoms with E-state index in [9.17, 15) is 9.59 Å². The van der Waals surface area contributed by atoms with Crippen molar-refractivity contribution in [2.45, 2.75) is 52.6 Å². The summed E-state index contributed by atoms with van der Waals surface area (Å²) in [6.07, 6.45) is 2.08. The number of fused-ring (bicyclic) bond motifs is 1. The van der Waals surface area contributed by atoms with E-state index in [1.54, 1.807) is 7.11 Å². The smallest absolute Gasteiger partial charge is 0.239 e. The molecule has 174 valence electrons. The number of ketones is 1. The molecule has 1 heterocycles. The second kappa shape index (κ2) is 9.30. The Morgan fingerprint density at radius 1 is 1.18 bits per heavy atom. The first-order valence-corrected chi connectivity index (χ1v) is 11.6. The van der Waals surface area contributed by atoms with Gasteiger partial charge in [0.05, 0.1) is 31.1 Å². The van der Waals surface area contributed by atoms with Crippen LogP contribution >= 0.6 is 0 Å². The third-order valence-corrected chi connectivity index (χ3v) is 6.45. The van der Waals surface area contributed by atoms with Gasteiger partial charge in [-0.2, -0.15) is 0 Å². The molecule has 0 saturated carbocycles. The lowest BCUT2D eigenvalue weighted by atomic mass is 9.74. The number of hydrogen-bond donors (Lipinski definition) is 2. The highest BCUT2D eigenvalue weighted by Crippen LogP contribution is 2.44. The fourth-order valence-electron chi connectivity index (χ4n) is 4.96. The van der Waals surface area contributed by atoms with Gasteiger partial charge in [-0.1, -0.05) is 45.0 Å². The lowest BCUT2D eigenvalue weighted by molar-refractivity contribution is -0.120. The van der Waals surface area contributed by atoms with E-state index in [4.69, 9.17) is 4.74 Å².